The molecule has 112 valence electrons. The molecule has 1 aromatic carbocycles. The van der Waals surface area contributed by atoms with E-state index in [4.69, 9.17) is 10.5 Å². The lowest BCUT2D eigenvalue weighted by Gasteiger charge is -2.12. The van der Waals surface area contributed by atoms with Crippen molar-refractivity contribution in [2.24, 2.45) is 5.92 Å². The van der Waals surface area contributed by atoms with Crippen LogP contribution in [0.2, 0.25) is 0 Å². The molecule has 0 aliphatic rings. The van der Waals surface area contributed by atoms with Crippen molar-refractivity contribution in [3.63, 3.8) is 0 Å². The third-order valence-electron chi connectivity index (χ3n) is 2.56. The topological polar surface area (TPSA) is 76.4 Å². The van der Waals surface area contributed by atoms with Gasteiger partial charge in [-0.3, -0.25) is 4.79 Å². The number of hydrogen-bond donors (Lipinski definition) is 3. The molecule has 0 radical (unpaired) electrons. The van der Waals surface area contributed by atoms with Crippen LogP contribution >= 0.6 is 0 Å². The Morgan fingerprint density at radius 2 is 2.10 bits per heavy atom. The zero-order chi connectivity index (χ0) is 15.0. The van der Waals surface area contributed by atoms with E-state index in [0.29, 0.717) is 24.8 Å². The Kier molecular flexibility index (Phi) is 6.70. The van der Waals surface area contributed by atoms with Crippen LogP contribution in [-0.4, -0.2) is 25.6 Å². The largest absolute Gasteiger partial charge is 0.493 e. The SMILES string of the molecule is CCCOc1cc(N)cc(NCC(=O)NCC(C)C)c1. The van der Waals surface area contributed by atoms with Gasteiger partial charge in [-0.15, -0.1) is 0 Å². The second kappa shape index (κ2) is 8.30. The molecule has 5 nitrogen and oxygen atoms in total. The third-order valence-corrected chi connectivity index (χ3v) is 2.56. The van der Waals surface area contributed by atoms with Gasteiger partial charge in [0.05, 0.1) is 13.2 Å². The highest BCUT2D eigenvalue weighted by Crippen LogP contribution is 2.22. The number of carbonyl (C=O) groups excluding carboxylic acids is 1. The van der Waals surface area contributed by atoms with Gasteiger partial charge in [-0.2, -0.15) is 0 Å². The summed E-state index contributed by atoms with van der Waals surface area (Å²) in [7, 11) is 0. The van der Waals surface area contributed by atoms with Crippen LogP contribution in [0.3, 0.4) is 0 Å². The summed E-state index contributed by atoms with van der Waals surface area (Å²) in [4.78, 5) is 11.6. The van der Waals surface area contributed by atoms with E-state index >= 15 is 0 Å². The Labute approximate surface area is 120 Å². The van der Waals surface area contributed by atoms with E-state index in [1.165, 1.54) is 0 Å². The third kappa shape index (κ3) is 6.31. The highest BCUT2D eigenvalue weighted by Gasteiger charge is 2.04. The van der Waals surface area contributed by atoms with Crippen LogP contribution < -0.4 is 21.1 Å². The first-order chi connectivity index (χ1) is 9.51. The lowest BCUT2D eigenvalue weighted by molar-refractivity contribution is -0.119. The molecule has 0 aromatic heterocycles. The number of ether oxygens (including phenoxy) is 1. The number of nitrogens with two attached hydrogens (primary N) is 1. The summed E-state index contributed by atoms with van der Waals surface area (Å²) in [6.45, 7) is 7.72. The molecule has 0 spiro atoms. The van der Waals surface area contributed by atoms with Gasteiger partial charge in [-0.1, -0.05) is 20.8 Å². The highest BCUT2D eigenvalue weighted by atomic mass is 16.5. The van der Waals surface area contributed by atoms with Crippen molar-refractivity contribution in [2.45, 2.75) is 27.2 Å². The lowest BCUT2D eigenvalue weighted by atomic mass is 10.2. The minimum absolute atomic E-state index is 0.0304. The van der Waals surface area contributed by atoms with Gasteiger partial charge in [0.1, 0.15) is 5.75 Å². The van der Waals surface area contributed by atoms with Crippen molar-refractivity contribution in [3.8, 4) is 5.75 Å². The summed E-state index contributed by atoms with van der Waals surface area (Å²) < 4.78 is 5.54. The Bertz CT molecular complexity index is 433. The second-order valence-electron chi connectivity index (χ2n) is 5.19. The Hall–Kier alpha value is -1.91. The van der Waals surface area contributed by atoms with Crippen molar-refractivity contribution in [1.29, 1.82) is 0 Å². The van der Waals surface area contributed by atoms with Gasteiger partial charge in [0.2, 0.25) is 5.91 Å². The fourth-order valence-electron chi connectivity index (χ4n) is 1.59. The van der Waals surface area contributed by atoms with Crippen molar-refractivity contribution < 1.29 is 9.53 Å². The Balaban J connectivity index is 2.50. The first kappa shape index (κ1) is 16.1. The molecule has 1 aromatic rings. The van der Waals surface area contributed by atoms with E-state index in [2.05, 4.69) is 24.5 Å². The summed E-state index contributed by atoms with van der Waals surface area (Å²) in [5.74, 6) is 1.13. The first-order valence-electron chi connectivity index (χ1n) is 7.05. The molecule has 1 rings (SSSR count). The standard InChI is InChI=1S/C15H25N3O2/c1-4-5-20-14-7-12(16)6-13(8-14)17-10-15(19)18-9-11(2)3/h6-8,11,17H,4-5,9-10,16H2,1-3H3,(H,18,19). The van der Waals surface area contributed by atoms with Crippen molar-refractivity contribution in [3.05, 3.63) is 18.2 Å². The molecule has 0 atom stereocenters. The van der Waals surface area contributed by atoms with E-state index in [9.17, 15) is 4.79 Å². The smallest absolute Gasteiger partial charge is 0.239 e. The second-order valence-corrected chi connectivity index (χ2v) is 5.19. The van der Waals surface area contributed by atoms with Crippen LogP contribution in [0.15, 0.2) is 18.2 Å². The summed E-state index contributed by atoms with van der Waals surface area (Å²) in [6, 6.07) is 5.41. The average Bonchev–Trinajstić information content (AvgIpc) is 2.40. The zero-order valence-corrected chi connectivity index (χ0v) is 12.5. The van der Waals surface area contributed by atoms with Crippen molar-refractivity contribution >= 4 is 17.3 Å². The van der Waals surface area contributed by atoms with E-state index in [1.807, 2.05) is 13.0 Å². The number of amides is 1. The molecule has 20 heavy (non-hydrogen) atoms. The number of benzene rings is 1. The number of hydrogen-bond acceptors (Lipinski definition) is 4. The van der Waals surface area contributed by atoms with Gasteiger partial charge in [0.25, 0.3) is 0 Å². The van der Waals surface area contributed by atoms with E-state index in [-0.39, 0.29) is 12.5 Å². The molecule has 0 saturated heterocycles. The summed E-state index contributed by atoms with van der Waals surface area (Å²) >= 11 is 0. The number of anilines is 2. The van der Waals surface area contributed by atoms with E-state index in [0.717, 1.165) is 17.9 Å². The predicted molar refractivity (Wildman–Crippen MR) is 83.0 cm³/mol. The monoisotopic (exact) mass is 279 g/mol. The number of nitrogen functional groups attached to an aromatic ring is 1. The van der Waals surface area contributed by atoms with E-state index < -0.39 is 0 Å². The molecule has 4 N–H and O–H groups in total. The van der Waals surface area contributed by atoms with Crippen LogP contribution in [-0.2, 0) is 4.79 Å². The number of carbonyl (C=O) groups is 1. The highest BCUT2D eigenvalue weighted by molar-refractivity contribution is 5.81. The quantitative estimate of drug-likeness (QED) is 0.638. The van der Waals surface area contributed by atoms with Crippen LogP contribution in [0.5, 0.6) is 5.75 Å². The molecule has 0 fully saturated rings. The van der Waals surface area contributed by atoms with Gasteiger partial charge in [-0.25, -0.2) is 0 Å². The van der Waals surface area contributed by atoms with Gasteiger partial charge >= 0.3 is 0 Å². The minimum atomic E-state index is -0.0304. The first-order valence-corrected chi connectivity index (χ1v) is 7.05. The van der Waals surface area contributed by atoms with Crippen LogP contribution in [0.4, 0.5) is 11.4 Å². The van der Waals surface area contributed by atoms with E-state index in [1.54, 1.807) is 12.1 Å². The van der Waals surface area contributed by atoms with Gasteiger partial charge in [0, 0.05) is 30.1 Å². The zero-order valence-electron chi connectivity index (χ0n) is 12.5. The molecule has 0 bridgehead atoms. The average molecular weight is 279 g/mol. The van der Waals surface area contributed by atoms with Gasteiger partial charge < -0.3 is 21.1 Å². The Morgan fingerprint density at radius 3 is 2.75 bits per heavy atom. The van der Waals surface area contributed by atoms with Gasteiger partial charge in [-0.05, 0) is 18.4 Å². The summed E-state index contributed by atoms with van der Waals surface area (Å²) in [6.07, 6.45) is 0.940. The molecule has 0 unspecified atom stereocenters. The van der Waals surface area contributed by atoms with Crippen molar-refractivity contribution in [2.75, 3.05) is 30.7 Å². The maximum Gasteiger partial charge on any atom is 0.239 e. The minimum Gasteiger partial charge on any atom is -0.493 e. The maximum absolute atomic E-state index is 11.6. The molecule has 5 heteroatoms. The Morgan fingerprint density at radius 1 is 1.35 bits per heavy atom. The molecule has 1 amide bonds. The number of nitrogens with one attached hydrogen (secondary N) is 2. The molecular formula is C15H25N3O2. The molecule has 0 aliphatic heterocycles. The van der Waals surface area contributed by atoms with Gasteiger partial charge in [0.15, 0.2) is 0 Å². The molecular weight excluding hydrogens is 254 g/mol. The predicted octanol–water partition coefficient (Wildman–Crippen LogP) is 2.24. The summed E-state index contributed by atoms with van der Waals surface area (Å²) in [5.41, 5.74) is 7.22. The molecule has 0 aliphatic carbocycles. The van der Waals surface area contributed by atoms with Crippen LogP contribution in [0, 0.1) is 5.92 Å². The van der Waals surface area contributed by atoms with Crippen LogP contribution in [0.1, 0.15) is 27.2 Å². The maximum atomic E-state index is 11.6. The number of rotatable bonds is 8. The van der Waals surface area contributed by atoms with Crippen molar-refractivity contribution in [1.82, 2.24) is 5.32 Å². The lowest BCUT2D eigenvalue weighted by Crippen LogP contribution is -2.32. The van der Waals surface area contributed by atoms with Crippen LogP contribution in [0.25, 0.3) is 0 Å². The summed E-state index contributed by atoms with van der Waals surface area (Å²) in [5, 5.41) is 5.91. The fourth-order valence-corrected chi connectivity index (χ4v) is 1.59. The molecule has 0 heterocycles. The molecule has 0 saturated carbocycles. The fraction of sp³-hybridized carbons (Fsp3) is 0.533. The normalized spacial score (nSPS) is 10.4.